The Kier molecular flexibility index (Phi) is 7.44. The maximum absolute atomic E-state index is 12.5. The van der Waals surface area contributed by atoms with Crippen LogP contribution in [0.2, 0.25) is 0 Å². The Bertz CT molecular complexity index is 421. The van der Waals surface area contributed by atoms with Crippen molar-refractivity contribution in [2.45, 2.75) is 46.7 Å². The molecule has 21 heavy (non-hydrogen) atoms. The second-order valence-electron chi connectivity index (χ2n) is 5.92. The summed E-state index contributed by atoms with van der Waals surface area (Å²) in [5, 5.41) is 0. The molecule has 0 bridgehead atoms. The van der Waals surface area contributed by atoms with Crippen LogP contribution in [-0.2, 0) is 17.9 Å². The third-order valence-corrected chi connectivity index (χ3v) is 3.92. The molecule has 0 heterocycles. The zero-order valence-electron chi connectivity index (χ0n) is 14.2. The largest absolute Gasteiger partial charge is 0.338 e. The zero-order chi connectivity index (χ0) is 15.8. The number of hydrogen-bond donors (Lipinski definition) is 0. The molecule has 0 radical (unpaired) electrons. The first-order valence-corrected chi connectivity index (χ1v) is 8.03. The van der Waals surface area contributed by atoms with Crippen LogP contribution in [0.3, 0.4) is 0 Å². The van der Waals surface area contributed by atoms with Crippen molar-refractivity contribution in [3.8, 4) is 0 Å². The first kappa shape index (κ1) is 17.7. The predicted molar refractivity (Wildman–Crippen MR) is 89.0 cm³/mol. The molecule has 0 N–H and O–H groups in total. The molecule has 0 saturated heterocycles. The lowest BCUT2D eigenvalue weighted by Crippen LogP contribution is -2.35. The number of benzene rings is 1. The van der Waals surface area contributed by atoms with Crippen LogP contribution in [0.1, 0.15) is 44.7 Å². The summed E-state index contributed by atoms with van der Waals surface area (Å²) in [6.07, 6.45) is 1.85. The number of hydrogen-bond acceptors (Lipinski definition) is 2. The van der Waals surface area contributed by atoms with Gasteiger partial charge in [0.1, 0.15) is 0 Å². The first-order valence-electron chi connectivity index (χ1n) is 8.03. The quantitative estimate of drug-likeness (QED) is 0.731. The van der Waals surface area contributed by atoms with E-state index in [0.29, 0.717) is 12.5 Å². The third kappa shape index (κ3) is 5.50. The topological polar surface area (TPSA) is 23.6 Å². The zero-order valence-corrected chi connectivity index (χ0v) is 14.2. The highest BCUT2D eigenvalue weighted by Gasteiger charge is 2.20. The molecule has 0 aliphatic rings. The Morgan fingerprint density at radius 3 is 1.81 bits per heavy atom. The Labute approximate surface area is 129 Å². The normalized spacial score (nSPS) is 11.2. The lowest BCUT2D eigenvalue weighted by atomic mass is 10.0. The smallest absolute Gasteiger partial charge is 0.225 e. The number of nitrogens with zero attached hydrogens (tertiary/aromatic N) is 2. The highest BCUT2D eigenvalue weighted by atomic mass is 16.2. The second kappa shape index (κ2) is 8.83. The summed E-state index contributed by atoms with van der Waals surface area (Å²) in [6.45, 7) is 8.68. The molecule has 118 valence electrons. The Morgan fingerprint density at radius 2 is 1.43 bits per heavy atom. The van der Waals surface area contributed by atoms with E-state index in [1.807, 2.05) is 4.90 Å². The highest BCUT2D eigenvalue weighted by Crippen LogP contribution is 2.15. The van der Waals surface area contributed by atoms with E-state index < -0.39 is 0 Å². The van der Waals surface area contributed by atoms with Gasteiger partial charge < -0.3 is 9.80 Å². The summed E-state index contributed by atoms with van der Waals surface area (Å²) < 4.78 is 0. The van der Waals surface area contributed by atoms with Crippen LogP contribution < -0.4 is 0 Å². The first-order chi connectivity index (χ1) is 10.0. The fourth-order valence-electron chi connectivity index (χ4n) is 2.58. The van der Waals surface area contributed by atoms with Crippen LogP contribution in [0.25, 0.3) is 0 Å². The van der Waals surface area contributed by atoms with Crippen molar-refractivity contribution in [2.24, 2.45) is 5.92 Å². The fourth-order valence-corrected chi connectivity index (χ4v) is 2.58. The minimum absolute atomic E-state index is 0.165. The van der Waals surface area contributed by atoms with Crippen molar-refractivity contribution in [3.63, 3.8) is 0 Å². The third-order valence-electron chi connectivity index (χ3n) is 3.92. The maximum atomic E-state index is 12.5. The molecule has 0 saturated carbocycles. The predicted octanol–water partition coefficient (Wildman–Crippen LogP) is 3.53. The Morgan fingerprint density at radius 1 is 0.952 bits per heavy atom. The molecule has 0 aliphatic carbocycles. The van der Waals surface area contributed by atoms with Gasteiger partial charge in [-0.3, -0.25) is 4.79 Å². The standard InChI is InChI=1S/C18H30N2O/c1-6-17(7-2)18(21)20(8-3)14-16-11-9-15(10-12-16)13-19(4)5/h9-12,17H,6-8,13-14H2,1-5H3. The molecule has 1 rings (SSSR count). The SMILES string of the molecule is CCC(CC)C(=O)N(CC)Cc1ccc(CN(C)C)cc1. The van der Waals surface area contributed by atoms with Crippen molar-refractivity contribution in [1.82, 2.24) is 9.80 Å². The molecular formula is C18H30N2O. The molecular weight excluding hydrogens is 260 g/mol. The molecule has 0 aliphatic heterocycles. The number of amides is 1. The van der Waals surface area contributed by atoms with Crippen molar-refractivity contribution in [3.05, 3.63) is 35.4 Å². The summed E-state index contributed by atoms with van der Waals surface area (Å²) in [4.78, 5) is 16.6. The Balaban J connectivity index is 2.70. The monoisotopic (exact) mass is 290 g/mol. The lowest BCUT2D eigenvalue weighted by molar-refractivity contribution is -0.136. The van der Waals surface area contributed by atoms with Crippen LogP contribution in [0.5, 0.6) is 0 Å². The van der Waals surface area contributed by atoms with E-state index in [0.717, 1.165) is 25.9 Å². The van der Waals surface area contributed by atoms with E-state index in [4.69, 9.17) is 0 Å². The molecule has 1 aromatic rings. The minimum atomic E-state index is 0.165. The van der Waals surface area contributed by atoms with Gasteiger partial charge in [-0.25, -0.2) is 0 Å². The van der Waals surface area contributed by atoms with E-state index >= 15 is 0 Å². The number of carbonyl (C=O) groups is 1. The van der Waals surface area contributed by atoms with Crippen molar-refractivity contribution in [1.29, 1.82) is 0 Å². The van der Waals surface area contributed by atoms with Crippen molar-refractivity contribution < 1.29 is 4.79 Å². The van der Waals surface area contributed by atoms with Crippen molar-refractivity contribution in [2.75, 3.05) is 20.6 Å². The van der Waals surface area contributed by atoms with Gasteiger partial charge in [-0.15, -0.1) is 0 Å². The summed E-state index contributed by atoms with van der Waals surface area (Å²) >= 11 is 0. The van der Waals surface area contributed by atoms with Gasteiger partial charge in [0.2, 0.25) is 5.91 Å². The molecule has 1 amide bonds. The molecule has 0 spiro atoms. The van der Waals surface area contributed by atoms with Crippen LogP contribution >= 0.6 is 0 Å². The van der Waals surface area contributed by atoms with E-state index in [-0.39, 0.29) is 5.92 Å². The summed E-state index contributed by atoms with van der Waals surface area (Å²) in [7, 11) is 4.14. The average Bonchev–Trinajstić information content (AvgIpc) is 2.47. The summed E-state index contributed by atoms with van der Waals surface area (Å²) in [5.41, 5.74) is 2.51. The van der Waals surface area contributed by atoms with E-state index in [2.05, 4.69) is 64.0 Å². The van der Waals surface area contributed by atoms with Crippen LogP contribution in [0.4, 0.5) is 0 Å². The van der Waals surface area contributed by atoms with Gasteiger partial charge >= 0.3 is 0 Å². The summed E-state index contributed by atoms with van der Waals surface area (Å²) in [5.74, 6) is 0.456. The summed E-state index contributed by atoms with van der Waals surface area (Å²) in [6, 6.07) is 8.60. The molecule has 1 aromatic carbocycles. The fraction of sp³-hybridized carbons (Fsp3) is 0.611. The number of rotatable bonds is 8. The van der Waals surface area contributed by atoms with Gasteiger partial charge in [0, 0.05) is 25.6 Å². The van der Waals surface area contributed by atoms with Gasteiger partial charge in [-0.2, -0.15) is 0 Å². The van der Waals surface area contributed by atoms with Crippen LogP contribution in [0.15, 0.2) is 24.3 Å². The molecule has 3 nitrogen and oxygen atoms in total. The van der Waals surface area contributed by atoms with E-state index in [1.165, 1.54) is 11.1 Å². The van der Waals surface area contributed by atoms with Gasteiger partial charge in [-0.1, -0.05) is 38.1 Å². The van der Waals surface area contributed by atoms with Gasteiger partial charge in [-0.05, 0) is 45.0 Å². The number of carbonyl (C=O) groups excluding carboxylic acids is 1. The Hall–Kier alpha value is -1.35. The lowest BCUT2D eigenvalue weighted by Gasteiger charge is -2.25. The van der Waals surface area contributed by atoms with Crippen molar-refractivity contribution >= 4 is 5.91 Å². The van der Waals surface area contributed by atoms with Crippen LogP contribution in [0, 0.1) is 5.92 Å². The highest BCUT2D eigenvalue weighted by molar-refractivity contribution is 5.78. The molecule has 0 fully saturated rings. The molecule has 0 unspecified atom stereocenters. The van der Waals surface area contributed by atoms with E-state index in [9.17, 15) is 4.79 Å². The average molecular weight is 290 g/mol. The van der Waals surface area contributed by atoms with Gasteiger partial charge in [0.25, 0.3) is 0 Å². The van der Waals surface area contributed by atoms with E-state index in [1.54, 1.807) is 0 Å². The molecule has 0 atom stereocenters. The van der Waals surface area contributed by atoms with Gasteiger partial charge in [0.15, 0.2) is 0 Å². The molecule has 0 aromatic heterocycles. The van der Waals surface area contributed by atoms with Gasteiger partial charge in [0.05, 0.1) is 0 Å². The minimum Gasteiger partial charge on any atom is -0.338 e. The maximum Gasteiger partial charge on any atom is 0.225 e. The second-order valence-corrected chi connectivity index (χ2v) is 5.92. The molecule has 3 heteroatoms. The van der Waals surface area contributed by atoms with Crippen LogP contribution in [-0.4, -0.2) is 36.3 Å².